The van der Waals surface area contributed by atoms with Gasteiger partial charge in [0.15, 0.2) is 6.19 Å². The van der Waals surface area contributed by atoms with Gasteiger partial charge in [0.25, 0.3) is 5.91 Å². The van der Waals surface area contributed by atoms with Crippen molar-refractivity contribution in [3.8, 4) is 23.1 Å². The van der Waals surface area contributed by atoms with Crippen molar-refractivity contribution < 1.29 is 9.53 Å². The van der Waals surface area contributed by atoms with E-state index >= 15 is 0 Å². The average Bonchev–Trinajstić information content (AvgIpc) is 3.40. The molecule has 30 heavy (non-hydrogen) atoms. The number of nitriles is 1. The number of aromatic nitrogens is 2. The molecule has 1 aliphatic carbocycles. The van der Waals surface area contributed by atoms with E-state index in [0.29, 0.717) is 18.1 Å². The number of carbonyl (C=O) groups is 1. The van der Waals surface area contributed by atoms with Gasteiger partial charge in [0.2, 0.25) is 0 Å². The van der Waals surface area contributed by atoms with Crippen LogP contribution in [0.1, 0.15) is 48.9 Å². The second-order valence-electron chi connectivity index (χ2n) is 8.84. The van der Waals surface area contributed by atoms with Crippen molar-refractivity contribution >= 4 is 5.91 Å². The molecule has 2 aliphatic heterocycles. The molecule has 0 unspecified atom stereocenters. The summed E-state index contributed by atoms with van der Waals surface area (Å²) in [7, 11) is 1.89. The fraction of sp³-hybridized carbons (Fsp3) is 0.522. The summed E-state index contributed by atoms with van der Waals surface area (Å²) in [5.41, 5.74) is 2.53. The first-order valence-corrected chi connectivity index (χ1v) is 10.9. The number of hydrogen-bond acceptors (Lipinski definition) is 5. The first-order valence-electron chi connectivity index (χ1n) is 10.9. The van der Waals surface area contributed by atoms with Crippen molar-refractivity contribution in [3.63, 3.8) is 0 Å². The molecule has 1 aromatic heterocycles. The fourth-order valence-corrected chi connectivity index (χ4v) is 5.00. The predicted octanol–water partition coefficient (Wildman–Crippen LogP) is 3.08. The van der Waals surface area contributed by atoms with Crippen LogP contribution < -0.4 is 10.1 Å². The lowest BCUT2D eigenvalue weighted by molar-refractivity contribution is 0.0927. The van der Waals surface area contributed by atoms with E-state index in [-0.39, 0.29) is 24.0 Å². The first kappa shape index (κ1) is 19.0. The second-order valence-corrected chi connectivity index (χ2v) is 8.84. The Morgan fingerprint density at radius 2 is 2.20 bits per heavy atom. The Balaban J connectivity index is 1.35. The van der Waals surface area contributed by atoms with E-state index in [4.69, 9.17) is 4.74 Å². The van der Waals surface area contributed by atoms with Crippen LogP contribution in [0.25, 0.3) is 11.1 Å². The van der Waals surface area contributed by atoms with Crippen molar-refractivity contribution in [2.75, 3.05) is 6.61 Å². The van der Waals surface area contributed by atoms with Gasteiger partial charge in [-0.25, -0.2) is 0 Å². The van der Waals surface area contributed by atoms with Gasteiger partial charge in [0, 0.05) is 36.0 Å². The molecule has 1 aromatic carbocycles. The minimum Gasteiger partial charge on any atom is -0.493 e. The lowest BCUT2D eigenvalue weighted by atomic mass is 9.86. The van der Waals surface area contributed by atoms with Gasteiger partial charge in [-0.1, -0.05) is 6.42 Å². The van der Waals surface area contributed by atoms with E-state index < -0.39 is 0 Å². The zero-order chi connectivity index (χ0) is 20.7. The Morgan fingerprint density at radius 3 is 2.87 bits per heavy atom. The molecule has 2 aromatic rings. The zero-order valence-electron chi connectivity index (χ0n) is 17.3. The van der Waals surface area contributed by atoms with E-state index in [1.807, 2.05) is 42.5 Å². The van der Waals surface area contributed by atoms with Gasteiger partial charge in [-0.15, -0.1) is 0 Å². The highest BCUT2D eigenvalue weighted by molar-refractivity contribution is 5.96. The standard InChI is InChI=1S/C23H27N5O2/c1-27-12-17(11-25-27)19-7-5-16(9-22(19)30-13-15-3-2-4-15)23(29)26-20-10-18-6-8-21(20)28(18)14-24/h5,7,9,11-12,15,18,20-21H,2-4,6,8,10,13H2,1H3,(H,26,29)/t18-,20+,21+/m0/s1. The third-order valence-electron chi connectivity index (χ3n) is 6.93. The fourth-order valence-electron chi connectivity index (χ4n) is 5.00. The number of nitrogens with one attached hydrogen (secondary N) is 1. The topological polar surface area (TPSA) is 83.2 Å². The molecular formula is C23H27N5O2. The maximum atomic E-state index is 13.0. The van der Waals surface area contributed by atoms with Crippen LogP contribution in [0.2, 0.25) is 0 Å². The molecule has 7 heteroatoms. The van der Waals surface area contributed by atoms with Crippen LogP contribution in [0, 0.1) is 17.4 Å². The minimum atomic E-state index is -0.100. The molecule has 0 spiro atoms. The van der Waals surface area contributed by atoms with Crippen LogP contribution >= 0.6 is 0 Å². The molecule has 156 valence electrons. The average molecular weight is 406 g/mol. The summed E-state index contributed by atoms with van der Waals surface area (Å²) in [4.78, 5) is 14.9. The second kappa shape index (κ2) is 7.67. The maximum Gasteiger partial charge on any atom is 0.251 e. The van der Waals surface area contributed by atoms with Crippen LogP contribution in [0.5, 0.6) is 5.75 Å². The summed E-state index contributed by atoms with van der Waals surface area (Å²) in [5, 5.41) is 16.8. The van der Waals surface area contributed by atoms with E-state index in [2.05, 4.69) is 16.6 Å². The van der Waals surface area contributed by atoms with Crippen LogP contribution in [0.4, 0.5) is 0 Å². The number of nitrogens with zero attached hydrogens (tertiary/aromatic N) is 4. The number of carbonyl (C=O) groups excluding carboxylic acids is 1. The van der Waals surface area contributed by atoms with Crippen LogP contribution in [-0.4, -0.2) is 45.3 Å². The summed E-state index contributed by atoms with van der Waals surface area (Å²) < 4.78 is 7.95. The van der Waals surface area contributed by atoms with Crippen molar-refractivity contribution in [2.45, 2.75) is 56.7 Å². The van der Waals surface area contributed by atoms with Crippen LogP contribution in [0.3, 0.4) is 0 Å². The number of ether oxygens (including phenoxy) is 1. The number of amides is 1. The maximum absolute atomic E-state index is 13.0. The first-order chi connectivity index (χ1) is 14.6. The quantitative estimate of drug-likeness (QED) is 0.747. The van der Waals surface area contributed by atoms with Gasteiger partial charge < -0.3 is 15.0 Å². The number of rotatable bonds is 6. The van der Waals surface area contributed by atoms with Crippen LogP contribution in [0.15, 0.2) is 30.6 Å². The highest BCUT2D eigenvalue weighted by atomic mass is 16.5. The molecule has 3 fully saturated rings. The zero-order valence-corrected chi connectivity index (χ0v) is 17.3. The van der Waals surface area contributed by atoms with Gasteiger partial charge >= 0.3 is 0 Å². The van der Waals surface area contributed by atoms with Crippen molar-refractivity contribution in [1.82, 2.24) is 20.0 Å². The summed E-state index contributed by atoms with van der Waals surface area (Å²) >= 11 is 0. The highest BCUT2D eigenvalue weighted by Gasteiger charge is 2.46. The van der Waals surface area contributed by atoms with E-state index in [1.54, 1.807) is 4.68 Å². The van der Waals surface area contributed by atoms with Gasteiger partial charge in [-0.3, -0.25) is 9.48 Å². The van der Waals surface area contributed by atoms with Crippen molar-refractivity contribution in [2.24, 2.45) is 13.0 Å². The van der Waals surface area contributed by atoms with Gasteiger partial charge in [0.05, 0.1) is 24.9 Å². The lowest BCUT2D eigenvalue weighted by Crippen LogP contribution is -2.43. The van der Waals surface area contributed by atoms with Gasteiger partial charge in [0.1, 0.15) is 5.75 Å². The summed E-state index contributed by atoms with van der Waals surface area (Å²) in [6.07, 6.45) is 12.6. The lowest BCUT2D eigenvalue weighted by Gasteiger charge is -2.26. The molecule has 7 nitrogen and oxygen atoms in total. The molecule has 5 rings (SSSR count). The molecule has 1 N–H and O–H groups in total. The third kappa shape index (κ3) is 3.41. The SMILES string of the molecule is Cn1cc(-c2ccc(C(=O)N[C@@H]3C[C@@H]4CC[C@H]3N4C#N)cc2OCC2CCC2)cn1. The molecule has 3 aliphatic rings. The van der Waals surface area contributed by atoms with Crippen LogP contribution in [-0.2, 0) is 7.05 Å². The van der Waals surface area contributed by atoms with Gasteiger partial charge in [-0.2, -0.15) is 10.4 Å². The largest absolute Gasteiger partial charge is 0.493 e. The summed E-state index contributed by atoms with van der Waals surface area (Å²) in [6.45, 7) is 0.682. The number of hydrogen-bond donors (Lipinski definition) is 1. The Labute approximate surface area is 176 Å². The van der Waals surface area contributed by atoms with E-state index in [9.17, 15) is 10.1 Å². The summed E-state index contributed by atoms with van der Waals surface area (Å²) in [6, 6.07) is 6.10. The number of aryl methyl sites for hydroxylation is 1. The third-order valence-corrected chi connectivity index (χ3v) is 6.93. The highest BCUT2D eigenvalue weighted by Crippen LogP contribution is 2.37. The molecule has 2 saturated heterocycles. The van der Waals surface area contributed by atoms with Crippen molar-refractivity contribution in [1.29, 1.82) is 5.26 Å². The molecule has 0 radical (unpaired) electrons. The molecular weight excluding hydrogens is 378 g/mol. The van der Waals surface area contributed by atoms with E-state index in [1.165, 1.54) is 19.3 Å². The normalized spacial score (nSPS) is 25.1. The Hall–Kier alpha value is -3.01. The molecule has 3 heterocycles. The Morgan fingerprint density at radius 1 is 1.33 bits per heavy atom. The Bertz CT molecular complexity index is 990. The molecule has 3 atom stereocenters. The Kier molecular flexibility index (Phi) is 4.86. The minimum absolute atomic E-state index is 0.0354. The molecule has 1 saturated carbocycles. The number of fused-ring (bicyclic) bond motifs is 2. The monoisotopic (exact) mass is 405 g/mol. The smallest absolute Gasteiger partial charge is 0.251 e. The molecule has 1 amide bonds. The van der Waals surface area contributed by atoms with Crippen molar-refractivity contribution in [3.05, 3.63) is 36.2 Å². The number of benzene rings is 1. The van der Waals surface area contributed by atoms with Gasteiger partial charge in [-0.05, 0) is 56.2 Å². The molecule has 2 bridgehead atoms. The van der Waals surface area contributed by atoms with E-state index in [0.717, 1.165) is 36.1 Å². The summed E-state index contributed by atoms with van der Waals surface area (Å²) in [5.74, 6) is 1.24. The predicted molar refractivity (Wildman–Crippen MR) is 112 cm³/mol.